The molecule has 5 nitrogen and oxygen atoms in total. The van der Waals surface area contributed by atoms with Crippen LogP contribution in [0.5, 0.6) is 0 Å². The van der Waals surface area contributed by atoms with Crippen LogP contribution in [0.3, 0.4) is 0 Å². The Morgan fingerprint density at radius 1 is 1.47 bits per heavy atom. The van der Waals surface area contributed by atoms with E-state index in [0.29, 0.717) is 5.69 Å². The van der Waals surface area contributed by atoms with Crippen molar-refractivity contribution in [3.05, 3.63) is 35.9 Å². The molecule has 0 aliphatic heterocycles. The van der Waals surface area contributed by atoms with Crippen LogP contribution in [0.25, 0.3) is 0 Å². The van der Waals surface area contributed by atoms with Crippen molar-refractivity contribution in [3.8, 4) is 0 Å². The van der Waals surface area contributed by atoms with Gasteiger partial charge in [-0.25, -0.2) is 0 Å². The van der Waals surface area contributed by atoms with Crippen molar-refractivity contribution in [3.63, 3.8) is 0 Å². The molecule has 2 rings (SSSR count). The average Bonchev–Trinajstić information content (AvgIpc) is 2.88. The number of aryl methyl sites for hydroxylation is 2. The van der Waals surface area contributed by atoms with E-state index in [1.54, 1.807) is 10.9 Å². The van der Waals surface area contributed by atoms with E-state index in [1.807, 2.05) is 43.8 Å². The number of nitrogens with zero attached hydrogens (tertiary/aromatic N) is 3. The van der Waals surface area contributed by atoms with E-state index >= 15 is 0 Å². The number of carbonyl (C=O) groups excluding carboxylic acids is 1. The van der Waals surface area contributed by atoms with Gasteiger partial charge in [0.05, 0.1) is 11.9 Å². The first-order chi connectivity index (χ1) is 8.11. The molecule has 2 aromatic heterocycles. The van der Waals surface area contributed by atoms with E-state index in [-0.39, 0.29) is 5.91 Å². The second-order valence-electron chi connectivity index (χ2n) is 3.96. The van der Waals surface area contributed by atoms with Crippen molar-refractivity contribution in [2.45, 2.75) is 20.4 Å². The molecular weight excluding hydrogens is 216 g/mol. The Bertz CT molecular complexity index is 538. The molecular formula is C12H16N4O. The van der Waals surface area contributed by atoms with Crippen molar-refractivity contribution in [2.24, 2.45) is 7.05 Å². The molecule has 0 atom stereocenters. The Balaban J connectivity index is 2.14. The summed E-state index contributed by atoms with van der Waals surface area (Å²) in [5.74, 6) is -0.115. The number of hydrogen-bond acceptors (Lipinski definition) is 2. The number of rotatable bonds is 3. The van der Waals surface area contributed by atoms with Crippen molar-refractivity contribution >= 4 is 11.6 Å². The maximum absolute atomic E-state index is 12.0. The molecule has 2 aromatic rings. The third-order valence-corrected chi connectivity index (χ3v) is 2.82. The Morgan fingerprint density at radius 3 is 2.76 bits per heavy atom. The van der Waals surface area contributed by atoms with E-state index in [4.69, 9.17) is 0 Å². The number of hydrogen-bond donors (Lipinski definition) is 1. The summed E-state index contributed by atoms with van der Waals surface area (Å²) < 4.78 is 3.63. The molecule has 0 unspecified atom stereocenters. The van der Waals surface area contributed by atoms with Gasteiger partial charge in [0.15, 0.2) is 0 Å². The van der Waals surface area contributed by atoms with Gasteiger partial charge in [-0.1, -0.05) is 0 Å². The van der Waals surface area contributed by atoms with E-state index in [9.17, 15) is 4.79 Å². The van der Waals surface area contributed by atoms with Gasteiger partial charge in [0, 0.05) is 25.5 Å². The van der Waals surface area contributed by atoms with Gasteiger partial charge in [-0.2, -0.15) is 5.10 Å². The second-order valence-corrected chi connectivity index (χ2v) is 3.96. The molecule has 2 heterocycles. The summed E-state index contributed by atoms with van der Waals surface area (Å²) in [6, 6.07) is 3.74. The molecule has 0 spiro atoms. The standard InChI is InChI=1S/C12H16N4O/c1-4-16-8-10(7-13-16)14-12(17)11-6-5-9(2)15(11)3/h5-8H,4H2,1-3H3,(H,14,17). The highest BCUT2D eigenvalue weighted by Gasteiger charge is 2.11. The van der Waals surface area contributed by atoms with Crippen LogP contribution in [0.1, 0.15) is 23.1 Å². The number of amides is 1. The average molecular weight is 232 g/mol. The molecule has 0 saturated carbocycles. The first-order valence-corrected chi connectivity index (χ1v) is 5.58. The lowest BCUT2D eigenvalue weighted by atomic mass is 10.4. The minimum absolute atomic E-state index is 0.115. The van der Waals surface area contributed by atoms with Crippen molar-refractivity contribution in [1.82, 2.24) is 14.3 Å². The number of nitrogens with one attached hydrogen (secondary N) is 1. The number of aromatic nitrogens is 3. The monoisotopic (exact) mass is 232 g/mol. The topological polar surface area (TPSA) is 51.9 Å². The van der Waals surface area contributed by atoms with E-state index in [1.165, 1.54) is 0 Å². The van der Waals surface area contributed by atoms with E-state index in [0.717, 1.165) is 17.9 Å². The molecule has 0 saturated heterocycles. The maximum atomic E-state index is 12.0. The van der Waals surface area contributed by atoms with Crippen molar-refractivity contribution < 1.29 is 4.79 Å². The molecule has 90 valence electrons. The zero-order chi connectivity index (χ0) is 12.4. The lowest BCUT2D eigenvalue weighted by Gasteiger charge is -2.04. The summed E-state index contributed by atoms with van der Waals surface area (Å²) in [6.07, 6.45) is 3.46. The third kappa shape index (κ3) is 2.22. The molecule has 0 fully saturated rings. The van der Waals surface area contributed by atoms with Crippen LogP contribution in [-0.2, 0) is 13.6 Å². The predicted molar refractivity (Wildman–Crippen MR) is 66.0 cm³/mol. The first-order valence-electron chi connectivity index (χ1n) is 5.58. The third-order valence-electron chi connectivity index (χ3n) is 2.82. The smallest absolute Gasteiger partial charge is 0.272 e. The second kappa shape index (κ2) is 4.45. The summed E-state index contributed by atoms with van der Waals surface area (Å²) in [5.41, 5.74) is 2.42. The van der Waals surface area contributed by atoms with Crippen LogP contribution in [-0.4, -0.2) is 20.3 Å². The van der Waals surface area contributed by atoms with Crippen LogP contribution in [0, 0.1) is 6.92 Å². The number of carbonyl (C=O) groups is 1. The normalized spacial score (nSPS) is 10.5. The zero-order valence-corrected chi connectivity index (χ0v) is 10.3. The van der Waals surface area contributed by atoms with E-state index < -0.39 is 0 Å². The Labute approximate surface area is 100 Å². The molecule has 17 heavy (non-hydrogen) atoms. The highest BCUT2D eigenvalue weighted by atomic mass is 16.1. The van der Waals surface area contributed by atoms with Gasteiger partial charge in [-0.05, 0) is 26.0 Å². The molecule has 0 aromatic carbocycles. The summed E-state index contributed by atoms with van der Waals surface area (Å²) in [5, 5.41) is 6.93. The Hall–Kier alpha value is -2.04. The van der Waals surface area contributed by atoms with Gasteiger partial charge >= 0.3 is 0 Å². The Kier molecular flexibility index (Phi) is 2.99. The summed E-state index contributed by atoms with van der Waals surface area (Å²) in [4.78, 5) is 12.0. The van der Waals surface area contributed by atoms with Crippen LogP contribution in [0.4, 0.5) is 5.69 Å². The highest BCUT2D eigenvalue weighted by Crippen LogP contribution is 2.10. The fourth-order valence-electron chi connectivity index (χ4n) is 1.64. The maximum Gasteiger partial charge on any atom is 0.272 e. The highest BCUT2D eigenvalue weighted by molar-refractivity contribution is 6.03. The summed E-state index contributed by atoms with van der Waals surface area (Å²) in [7, 11) is 1.87. The molecule has 5 heteroatoms. The van der Waals surface area contributed by atoms with Gasteiger partial charge in [-0.3, -0.25) is 9.48 Å². The molecule has 0 bridgehead atoms. The van der Waals surface area contributed by atoms with Crippen LogP contribution in [0.2, 0.25) is 0 Å². The minimum Gasteiger partial charge on any atom is -0.344 e. The summed E-state index contributed by atoms with van der Waals surface area (Å²) >= 11 is 0. The number of anilines is 1. The Morgan fingerprint density at radius 2 is 2.24 bits per heavy atom. The summed E-state index contributed by atoms with van der Waals surface area (Å²) in [6.45, 7) is 4.75. The molecule has 1 amide bonds. The quantitative estimate of drug-likeness (QED) is 0.877. The van der Waals surface area contributed by atoms with Gasteiger partial charge in [0.2, 0.25) is 0 Å². The van der Waals surface area contributed by atoms with Crippen LogP contribution in [0.15, 0.2) is 24.5 Å². The molecule has 1 N–H and O–H groups in total. The fraction of sp³-hybridized carbons (Fsp3) is 0.333. The van der Waals surface area contributed by atoms with Crippen LogP contribution < -0.4 is 5.32 Å². The first kappa shape index (κ1) is 11.4. The van der Waals surface area contributed by atoms with Gasteiger partial charge in [-0.15, -0.1) is 0 Å². The lowest BCUT2D eigenvalue weighted by Crippen LogP contribution is -2.15. The SMILES string of the molecule is CCn1cc(NC(=O)c2ccc(C)n2C)cn1. The molecule has 0 aliphatic carbocycles. The fourth-order valence-corrected chi connectivity index (χ4v) is 1.64. The zero-order valence-electron chi connectivity index (χ0n) is 10.3. The van der Waals surface area contributed by atoms with Gasteiger partial charge in [0.25, 0.3) is 5.91 Å². The van der Waals surface area contributed by atoms with Crippen molar-refractivity contribution in [2.75, 3.05) is 5.32 Å². The molecule has 0 aliphatic rings. The van der Waals surface area contributed by atoms with E-state index in [2.05, 4.69) is 10.4 Å². The predicted octanol–water partition coefficient (Wildman–Crippen LogP) is 1.80. The lowest BCUT2D eigenvalue weighted by molar-refractivity contribution is 0.101. The van der Waals surface area contributed by atoms with Gasteiger partial charge < -0.3 is 9.88 Å². The minimum atomic E-state index is -0.115. The largest absolute Gasteiger partial charge is 0.344 e. The van der Waals surface area contributed by atoms with Crippen molar-refractivity contribution in [1.29, 1.82) is 0 Å². The molecule has 0 radical (unpaired) electrons. The van der Waals surface area contributed by atoms with Gasteiger partial charge in [0.1, 0.15) is 5.69 Å². The van der Waals surface area contributed by atoms with Crippen LogP contribution >= 0.6 is 0 Å².